The smallest absolute Gasteiger partial charge is 0.202 e. The lowest BCUT2D eigenvalue weighted by molar-refractivity contribution is -0.115. The van der Waals surface area contributed by atoms with Gasteiger partial charge in [-0.2, -0.15) is 0 Å². The molecule has 2 N–H and O–H groups in total. The first-order chi connectivity index (χ1) is 8.66. The molecule has 0 fully saturated rings. The molecular weight excluding hydrogens is 226 g/mol. The Kier molecular flexibility index (Phi) is 6.40. The van der Waals surface area contributed by atoms with E-state index in [0.717, 1.165) is 12.8 Å². The molecule has 0 bridgehead atoms. The second-order valence-electron chi connectivity index (χ2n) is 4.83. The average Bonchev–Trinajstić information content (AvgIpc) is 2.36. The molecule has 0 spiro atoms. The molecule has 0 saturated heterocycles. The molecule has 0 atom stereocenters. The van der Waals surface area contributed by atoms with Crippen molar-refractivity contribution in [3.05, 3.63) is 23.4 Å². The topological polar surface area (TPSA) is 60.2 Å². The summed E-state index contributed by atoms with van der Waals surface area (Å²) in [5.74, 6) is -0.328. The third-order valence-corrected chi connectivity index (χ3v) is 3.30. The average molecular weight is 249 g/mol. The van der Waals surface area contributed by atoms with Crippen LogP contribution in [0.5, 0.6) is 0 Å². The molecule has 3 heteroatoms. The van der Waals surface area contributed by atoms with Crippen molar-refractivity contribution in [1.82, 2.24) is 0 Å². The summed E-state index contributed by atoms with van der Waals surface area (Å²) >= 11 is 0. The molecule has 100 valence electrons. The molecule has 0 aromatic heterocycles. The van der Waals surface area contributed by atoms with E-state index in [2.05, 4.69) is 6.92 Å². The third-order valence-electron chi connectivity index (χ3n) is 3.30. The Bertz CT molecular complexity index is 367. The van der Waals surface area contributed by atoms with Crippen molar-refractivity contribution >= 4 is 11.6 Å². The van der Waals surface area contributed by atoms with Crippen LogP contribution >= 0.6 is 0 Å². The van der Waals surface area contributed by atoms with Gasteiger partial charge in [0.05, 0.1) is 5.70 Å². The highest BCUT2D eigenvalue weighted by Crippen LogP contribution is 2.18. The highest BCUT2D eigenvalue weighted by atomic mass is 16.1. The minimum absolute atomic E-state index is 0.0990. The molecule has 0 amide bonds. The van der Waals surface area contributed by atoms with E-state index in [1.54, 1.807) is 0 Å². The standard InChI is InChI=1S/C15H23NO2/c1-2-3-4-5-6-7-8-9-12-13(17)10-11-14(18)15(12)16/h10-11H,2-9,16H2,1H3. The largest absolute Gasteiger partial charge is 0.395 e. The van der Waals surface area contributed by atoms with E-state index in [9.17, 15) is 9.59 Å². The van der Waals surface area contributed by atoms with Gasteiger partial charge in [-0.25, -0.2) is 0 Å². The zero-order chi connectivity index (χ0) is 13.4. The number of hydrogen-bond acceptors (Lipinski definition) is 3. The maximum Gasteiger partial charge on any atom is 0.202 e. The summed E-state index contributed by atoms with van der Waals surface area (Å²) in [7, 11) is 0. The van der Waals surface area contributed by atoms with Crippen LogP contribution in [0.2, 0.25) is 0 Å². The van der Waals surface area contributed by atoms with Gasteiger partial charge in [-0.1, -0.05) is 45.4 Å². The fraction of sp³-hybridized carbons (Fsp3) is 0.600. The Hall–Kier alpha value is -1.38. The number of carbonyl (C=O) groups is 2. The van der Waals surface area contributed by atoms with E-state index in [4.69, 9.17) is 5.73 Å². The van der Waals surface area contributed by atoms with Gasteiger partial charge in [-0.15, -0.1) is 0 Å². The van der Waals surface area contributed by atoms with Crippen molar-refractivity contribution in [1.29, 1.82) is 0 Å². The van der Waals surface area contributed by atoms with Gasteiger partial charge in [-0.3, -0.25) is 9.59 Å². The molecule has 0 heterocycles. The molecule has 0 aromatic rings. The van der Waals surface area contributed by atoms with Crippen LogP contribution in [0.4, 0.5) is 0 Å². The van der Waals surface area contributed by atoms with Crippen LogP contribution in [0.3, 0.4) is 0 Å². The Balaban J connectivity index is 2.24. The van der Waals surface area contributed by atoms with Crippen molar-refractivity contribution in [2.75, 3.05) is 0 Å². The number of rotatable bonds is 8. The summed E-state index contributed by atoms with van der Waals surface area (Å²) in [6, 6.07) is 0. The van der Waals surface area contributed by atoms with Crippen LogP contribution < -0.4 is 5.73 Å². The van der Waals surface area contributed by atoms with Crippen molar-refractivity contribution in [2.45, 2.75) is 58.3 Å². The first kappa shape index (κ1) is 14.7. The van der Waals surface area contributed by atoms with Crippen LogP contribution in [0.1, 0.15) is 58.3 Å². The van der Waals surface area contributed by atoms with Crippen molar-refractivity contribution in [3.63, 3.8) is 0 Å². The molecule has 0 saturated carbocycles. The van der Waals surface area contributed by atoms with Crippen molar-refractivity contribution < 1.29 is 9.59 Å². The molecule has 0 radical (unpaired) electrons. The van der Waals surface area contributed by atoms with Crippen LogP contribution in [0.15, 0.2) is 23.4 Å². The second kappa shape index (κ2) is 7.85. The lowest BCUT2D eigenvalue weighted by Gasteiger charge is -2.10. The summed E-state index contributed by atoms with van der Waals surface area (Å²) in [5, 5.41) is 0. The van der Waals surface area contributed by atoms with Crippen LogP contribution in [-0.4, -0.2) is 11.6 Å². The molecule has 0 aromatic carbocycles. The second-order valence-corrected chi connectivity index (χ2v) is 4.83. The highest BCUT2D eigenvalue weighted by molar-refractivity contribution is 6.19. The third kappa shape index (κ3) is 4.47. The maximum absolute atomic E-state index is 11.6. The molecule has 1 rings (SSSR count). The number of nitrogens with two attached hydrogens (primary N) is 1. The van der Waals surface area contributed by atoms with Crippen LogP contribution in [0.25, 0.3) is 0 Å². The molecule has 18 heavy (non-hydrogen) atoms. The molecule has 0 aliphatic heterocycles. The van der Waals surface area contributed by atoms with Gasteiger partial charge in [-0.05, 0) is 25.0 Å². The lowest BCUT2D eigenvalue weighted by atomic mass is 9.95. The molecule has 0 unspecified atom stereocenters. The first-order valence-corrected chi connectivity index (χ1v) is 6.92. The number of hydrogen-bond donors (Lipinski definition) is 1. The monoisotopic (exact) mass is 249 g/mol. The van der Waals surface area contributed by atoms with E-state index >= 15 is 0 Å². The highest BCUT2D eigenvalue weighted by Gasteiger charge is 2.19. The Morgan fingerprint density at radius 1 is 0.889 bits per heavy atom. The van der Waals surface area contributed by atoms with E-state index in [1.165, 1.54) is 44.3 Å². The first-order valence-electron chi connectivity index (χ1n) is 6.92. The van der Waals surface area contributed by atoms with E-state index in [-0.39, 0.29) is 17.3 Å². The van der Waals surface area contributed by atoms with Gasteiger partial charge < -0.3 is 5.73 Å². The summed E-state index contributed by atoms with van der Waals surface area (Å²) in [5.41, 5.74) is 6.31. The van der Waals surface area contributed by atoms with E-state index in [0.29, 0.717) is 12.0 Å². The van der Waals surface area contributed by atoms with Crippen molar-refractivity contribution in [2.24, 2.45) is 5.73 Å². The zero-order valence-corrected chi connectivity index (χ0v) is 11.2. The van der Waals surface area contributed by atoms with E-state index in [1.807, 2.05) is 0 Å². The molecule has 1 aliphatic rings. The van der Waals surface area contributed by atoms with Gasteiger partial charge >= 0.3 is 0 Å². The van der Waals surface area contributed by atoms with Gasteiger partial charge in [0.1, 0.15) is 0 Å². The summed E-state index contributed by atoms with van der Waals surface area (Å²) < 4.78 is 0. The molecular formula is C15H23NO2. The Morgan fingerprint density at radius 3 is 2.11 bits per heavy atom. The summed E-state index contributed by atoms with van der Waals surface area (Å²) in [4.78, 5) is 22.9. The Morgan fingerprint density at radius 2 is 1.44 bits per heavy atom. The maximum atomic E-state index is 11.6. The van der Waals surface area contributed by atoms with Gasteiger partial charge in [0.25, 0.3) is 0 Å². The normalized spacial score (nSPS) is 15.6. The summed E-state index contributed by atoms with van der Waals surface area (Å²) in [6.07, 6.45) is 11.6. The minimum Gasteiger partial charge on any atom is -0.395 e. The van der Waals surface area contributed by atoms with Crippen LogP contribution in [0, 0.1) is 0 Å². The number of carbonyl (C=O) groups excluding carboxylic acids is 2. The van der Waals surface area contributed by atoms with Gasteiger partial charge in [0, 0.05) is 5.57 Å². The lowest BCUT2D eigenvalue weighted by Crippen LogP contribution is -2.20. The van der Waals surface area contributed by atoms with Crippen LogP contribution in [-0.2, 0) is 9.59 Å². The quantitative estimate of drug-likeness (QED) is 0.531. The number of allylic oxidation sites excluding steroid dienone is 3. The predicted molar refractivity (Wildman–Crippen MR) is 73.0 cm³/mol. The van der Waals surface area contributed by atoms with Gasteiger partial charge in [0.2, 0.25) is 5.78 Å². The Labute approximate surface area is 109 Å². The molecule has 3 nitrogen and oxygen atoms in total. The molecule has 1 aliphatic carbocycles. The SMILES string of the molecule is CCCCCCCCCC1=C(N)C(=O)C=CC1=O. The fourth-order valence-corrected chi connectivity index (χ4v) is 2.14. The number of ketones is 2. The van der Waals surface area contributed by atoms with Gasteiger partial charge in [0.15, 0.2) is 5.78 Å². The van der Waals surface area contributed by atoms with Crippen molar-refractivity contribution in [3.8, 4) is 0 Å². The fourth-order valence-electron chi connectivity index (χ4n) is 2.14. The summed E-state index contributed by atoms with van der Waals surface area (Å²) in [6.45, 7) is 2.20. The zero-order valence-electron chi connectivity index (χ0n) is 11.2. The predicted octanol–water partition coefficient (Wildman–Crippen LogP) is 3.05. The van der Waals surface area contributed by atoms with E-state index < -0.39 is 0 Å². The number of unbranched alkanes of at least 4 members (excludes halogenated alkanes) is 6. The minimum atomic E-state index is -0.229.